The highest BCUT2D eigenvalue weighted by atomic mass is 35.5. The van der Waals surface area contributed by atoms with Crippen molar-refractivity contribution < 1.29 is 5.11 Å². The van der Waals surface area contributed by atoms with Gasteiger partial charge >= 0.3 is 0 Å². The van der Waals surface area contributed by atoms with Crippen LogP contribution in [0.5, 0.6) is 5.75 Å². The predicted molar refractivity (Wildman–Crippen MR) is 85.2 cm³/mol. The summed E-state index contributed by atoms with van der Waals surface area (Å²) in [5.74, 6) is 0.902. The van der Waals surface area contributed by atoms with Crippen molar-refractivity contribution in [1.29, 1.82) is 0 Å². The fourth-order valence-electron chi connectivity index (χ4n) is 2.13. The third kappa shape index (κ3) is 2.37. The fourth-order valence-corrected chi connectivity index (χ4v) is 2.31. The second kappa shape index (κ2) is 5.31. The standard InChI is InChI=1S/C15H14ClN5O/c1-8-9(2)21(7-19-8)15-14(18-6-13(17)20-15)10-3-4-12(22)11(16)5-10/h3-7,22H,1-2H3,(H2,17,20). The molecule has 0 unspecified atom stereocenters. The number of phenols is 1. The number of anilines is 1. The third-order valence-corrected chi connectivity index (χ3v) is 3.78. The minimum absolute atomic E-state index is 0.0185. The topological polar surface area (TPSA) is 89.9 Å². The van der Waals surface area contributed by atoms with E-state index >= 15 is 0 Å². The van der Waals surface area contributed by atoms with E-state index in [1.54, 1.807) is 18.5 Å². The molecule has 3 rings (SSSR count). The molecule has 0 atom stereocenters. The van der Waals surface area contributed by atoms with Crippen LogP contribution in [0.3, 0.4) is 0 Å². The summed E-state index contributed by atoms with van der Waals surface area (Å²) in [5, 5.41) is 9.82. The molecule has 0 aliphatic rings. The van der Waals surface area contributed by atoms with E-state index in [0.29, 0.717) is 17.3 Å². The lowest BCUT2D eigenvalue weighted by Gasteiger charge is -2.11. The molecule has 0 amide bonds. The first-order valence-electron chi connectivity index (χ1n) is 6.59. The smallest absolute Gasteiger partial charge is 0.167 e. The van der Waals surface area contributed by atoms with Crippen LogP contribution in [-0.2, 0) is 0 Å². The van der Waals surface area contributed by atoms with Gasteiger partial charge in [-0.25, -0.2) is 15.0 Å². The van der Waals surface area contributed by atoms with Gasteiger partial charge in [-0.2, -0.15) is 0 Å². The highest BCUT2D eigenvalue weighted by Gasteiger charge is 2.15. The number of aromatic nitrogens is 4. The summed E-state index contributed by atoms with van der Waals surface area (Å²) < 4.78 is 1.83. The average Bonchev–Trinajstić information content (AvgIpc) is 2.82. The summed E-state index contributed by atoms with van der Waals surface area (Å²) in [5.41, 5.74) is 8.97. The van der Waals surface area contributed by atoms with Crippen LogP contribution in [-0.4, -0.2) is 24.6 Å². The van der Waals surface area contributed by atoms with E-state index in [1.165, 1.54) is 12.3 Å². The first-order valence-corrected chi connectivity index (χ1v) is 6.97. The lowest BCUT2D eigenvalue weighted by Crippen LogP contribution is -2.06. The van der Waals surface area contributed by atoms with Gasteiger partial charge in [-0.05, 0) is 32.0 Å². The molecule has 0 saturated carbocycles. The first kappa shape index (κ1) is 14.3. The van der Waals surface area contributed by atoms with Crippen molar-refractivity contribution >= 4 is 17.4 Å². The lowest BCUT2D eigenvalue weighted by atomic mass is 10.1. The number of halogens is 1. The summed E-state index contributed by atoms with van der Waals surface area (Å²) in [7, 11) is 0. The van der Waals surface area contributed by atoms with E-state index in [-0.39, 0.29) is 10.8 Å². The third-order valence-electron chi connectivity index (χ3n) is 3.47. The normalized spacial score (nSPS) is 10.9. The zero-order chi connectivity index (χ0) is 15.9. The van der Waals surface area contributed by atoms with Crippen LogP contribution in [0.2, 0.25) is 5.02 Å². The Morgan fingerprint density at radius 1 is 1.23 bits per heavy atom. The van der Waals surface area contributed by atoms with Gasteiger partial charge in [0, 0.05) is 11.3 Å². The molecular formula is C15H14ClN5O. The minimum atomic E-state index is 0.0185. The molecule has 0 spiro atoms. The van der Waals surface area contributed by atoms with Gasteiger partial charge in [-0.15, -0.1) is 0 Å². The molecule has 2 aromatic heterocycles. The molecule has 7 heteroatoms. The van der Waals surface area contributed by atoms with Gasteiger partial charge in [0.25, 0.3) is 0 Å². The Kier molecular flexibility index (Phi) is 3.46. The van der Waals surface area contributed by atoms with Crippen LogP contribution < -0.4 is 5.73 Å². The van der Waals surface area contributed by atoms with E-state index in [2.05, 4.69) is 15.0 Å². The summed E-state index contributed by atoms with van der Waals surface area (Å²) in [6, 6.07) is 4.88. The van der Waals surface area contributed by atoms with Crippen molar-refractivity contribution in [2.75, 3.05) is 5.73 Å². The Balaban J connectivity index is 2.24. The Morgan fingerprint density at radius 3 is 2.64 bits per heavy atom. The summed E-state index contributed by atoms with van der Waals surface area (Å²) in [6.07, 6.45) is 3.17. The van der Waals surface area contributed by atoms with Crippen LogP contribution >= 0.6 is 11.6 Å². The molecule has 0 aliphatic carbocycles. The predicted octanol–water partition coefficient (Wildman–Crippen LogP) is 2.89. The van der Waals surface area contributed by atoms with Crippen LogP contribution in [0.15, 0.2) is 30.7 Å². The van der Waals surface area contributed by atoms with Crippen LogP contribution in [0.1, 0.15) is 11.4 Å². The number of nitrogens with zero attached hydrogens (tertiary/aromatic N) is 4. The zero-order valence-corrected chi connectivity index (χ0v) is 12.8. The van der Waals surface area contributed by atoms with Gasteiger partial charge in [0.1, 0.15) is 23.6 Å². The molecule has 0 fully saturated rings. The number of rotatable bonds is 2. The highest BCUT2D eigenvalue weighted by Crippen LogP contribution is 2.31. The molecular weight excluding hydrogens is 302 g/mol. The van der Waals surface area contributed by atoms with Gasteiger partial charge in [0.05, 0.1) is 16.9 Å². The van der Waals surface area contributed by atoms with Gasteiger partial charge < -0.3 is 10.8 Å². The van der Waals surface area contributed by atoms with Crippen molar-refractivity contribution in [3.63, 3.8) is 0 Å². The van der Waals surface area contributed by atoms with E-state index in [0.717, 1.165) is 17.0 Å². The van der Waals surface area contributed by atoms with Crippen molar-refractivity contribution in [1.82, 2.24) is 19.5 Å². The molecule has 112 valence electrons. The monoisotopic (exact) mass is 315 g/mol. The van der Waals surface area contributed by atoms with Crippen LogP contribution in [0, 0.1) is 13.8 Å². The Hall–Kier alpha value is -2.60. The molecule has 3 N–H and O–H groups in total. The molecule has 1 aromatic carbocycles. The quantitative estimate of drug-likeness (QED) is 0.759. The van der Waals surface area contributed by atoms with Crippen LogP contribution in [0.4, 0.5) is 5.82 Å². The van der Waals surface area contributed by atoms with Crippen molar-refractivity contribution in [3.05, 3.63) is 47.1 Å². The molecule has 0 saturated heterocycles. The largest absolute Gasteiger partial charge is 0.506 e. The maximum atomic E-state index is 9.57. The highest BCUT2D eigenvalue weighted by molar-refractivity contribution is 6.32. The van der Waals surface area contributed by atoms with E-state index in [1.807, 2.05) is 18.4 Å². The van der Waals surface area contributed by atoms with Gasteiger partial charge in [0.15, 0.2) is 5.82 Å². The number of hydrogen-bond acceptors (Lipinski definition) is 5. The summed E-state index contributed by atoms with van der Waals surface area (Å²) in [4.78, 5) is 13.0. The van der Waals surface area contributed by atoms with Gasteiger partial charge in [-0.3, -0.25) is 4.57 Å². The Bertz CT molecular complexity index is 859. The number of hydrogen-bond donors (Lipinski definition) is 2. The number of nitrogens with two attached hydrogens (primary N) is 1. The minimum Gasteiger partial charge on any atom is -0.506 e. The van der Waals surface area contributed by atoms with Crippen molar-refractivity contribution in [2.45, 2.75) is 13.8 Å². The van der Waals surface area contributed by atoms with E-state index in [4.69, 9.17) is 17.3 Å². The summed E-state index contributed by atoms with van der Waals surface area (Å²) >= 11 is 5.99. The zero-order valence-electron chi connectivity index (χ0n) is 12.1. The maximum absolute atomic E-state index is 9.57. The molecule has 2 heterocycles. The summed E-state index contributed by atoms with van der Waals surface area (Å²) in [6.45, 7) is 3.86. The second-order valence-corrected chi connectivity index (χ2v) is 5.33. The van der Waals surface area contributed by atoms with Gasteiger partial charge in [-0.1, -0.05) is 11.6 Å². The van der Waals surface area contributed by atoms with Crippen LogP contribution in [0.25, 0.3) is 17.1 Å². The number of aromatic hydroxyl groups is 1. The number of imidazole rings is 1. The lowest BCUT2D eigenvalue weighted by molar-refractivity contribution is 0.475. The van der Waals surface area contributed by atoms with Gasteiger partial charge in [0.2, 0.25) is 0 Å². The van der Waals surface area contributed by atoms with E-state index in [9.17, 15) is 5.11 Å². The maximum Gasteiger partial charge on any atom is 0.167 e. The fraction of sp³-hybridized carbons (Fsp3) is 0.133. The number of benzene rings is 1. The first-order chi connectivity index (χ1) is 10.5. The molecule has 0 radical (unpaired) electrons. The number of nitrogen functional groups attached to an aromatic ring is 1. The SMILES string of the molecule is Cc1ncn(-c2nc(N)cnc2-c2ccc(O)c(Cl)c2)c1C. The molecule has 0 bridgehead atoms. The average molecular weight is 316 g/mol. The molecule has 0 aliphatic heterocycles. The second-order valence-electron chi connectivity index (χ2n) is 4.92. The number of aryl methyl sites for hydroxylation is 1. The van der Waals surface area contributed by atoms with Crippen molar-refractivity contribution in [2.24, 2.45) is 0 Å². The Morgan fingerprint density at radius 2 is 2.00 bits per heavy atom. The Labute approximate surface area is 132 Å². The molecule has 22 heavy (non-hydrogen) atoms. The van der Waals surface area contributed by atoms with E-state index < -0.39 is 0 Å². The molecule has 3 aromatic rings. The molecule has 6 nitrogen and oxygen atoms in total. The number of phenolic OH excluding ortho intramolecular Hbond substituents is 1. The van der Waals surface area contributed by atoms with Crippen molar-refractivity contribution in [3.8, 4) is 22.8 Å².